The summed E-state index contributed by atoms with van der Waals surface area (Å²) < 4.78 is 7.51. The number of rotatable bonds is 8. The number of benzene rings is 1. The molecule has 114 valence electrons. The summed E-state index contributed by atoms with van der Waals surface area (Å²) in [6.07, 6.45) is 5.10. The zero-order chi connectivity index (χ0) is 15.1. The molecule has 1 aromatic heterocycles. The SMILES string of the molecule is CCCOc1ccc(C(CC)Cc2cn(CC)nn2)cc1. The van der Waals surface area contributed by atoms with Crippen LogP contribution in [-0.2, 0) is 13.0 Å². The van der Waals surface area contributed by atoms with Crippen LogP contribution in [0.2, 0.25) is 0 Å². The molecule has 0 spiro atoms. The number of aromatic nitrogens is 3. The van der Waals surface area contributed by atoms with Gasteiger partial charge in [0, 0.05) is 12.7 Å². The van der Waals surface area contributed by atoms with E-state index in [1.807, 2.05) is 10.9 Å². The van der Waals surface area contributed by atoms with Crippen molar-refractivity contribution in [3.63, 3.8) is 0 Å². The number of ether oxygens (including phenoxy) is 1. The van der Waals surface area contributed by atoms with Crippen LogP contribution in [0.1, 0.15) is 50.8 Å². The lowest BCUT2D eigenvalue weighted by Gasteiger charge is -2.14. The first-order valence-electron chi connectivity index (χ1n) is 7.88. The summed E-state index contributed by atoms with van der Waals surface area (Å²) in [6.45, 7) is 8.05. The Morgan fingerprint density at radius 2 is 1.90 bits per heavy atom. The summed E-state index contributed by atoms with van der Waals surface area (Å²) in [5, 5.41) is 8.36. The fraction of sp³-hybridized carbons (Fsp3) is 0.529. The Kier molecular flexibility index (Phi) is 5.78. The van der Waals surface area contributed by atoms with Gasteiger partial charge < -0.3 is 4.74 Å². The number of aryl methyl sites for hydroxylation is 1. The predicted molar refractivity (Wildman–Crippen MR) is 84.7 cm³/mol. The molecular formula is C17H25N3O. The minimum atomic E-state index is 0.479. The van der Waals surface area contributed by atoms with Crippen molar-refractivity contribution in [1.29, 1.82) is 0 Å². The van der Waals surface area contributed by atoms with Crippen molar-refractivity contribution in [1.82, 2.24) is 15.0 Å². The van der Waals surface area contributed by atoms with E-state index in [0.717, 1.165) is 43.9 Å². The number of nitrogens with zero attached hydrogens (tertiary/aromatic N) is 3. The maximum absolute atomic E-state index is 5.63. The highest BCUT2D eigenvalue weighted by Gasteiger charge is 2.12. The van der Waals surface area contributed by atoms with Crippen LogP contribution in [0.15, 0.2) is 30.5 Å². The minimum absolute atomic E-state index is 0.479. The molecule has 1 atom stereocenters. The Bertz CT molecular complexity index is 533. The van der Waals surface area contributed by atoms with E-state index >= 15 is 0 Å². The van der Waals surface area contributed by atoms with Crippen LogP contribution in [0.4, 0.5) is 0 Å². The van der Waals surface area contributed by atoms with Gasteiger partial charge in [0.2, 0.25) is 0 Å². The predicted octanol–water partition coefficient (Wildman–Crippen LogP) is 3.82. The van der Waals surface area contributed by atoms with Gasteiger partial charge in [-0.15, -0.1) is 5.10 Å². The molecule has 2 aromatic rings. The zero-order valence-corrected chi connectivity index (χ0v) is 13.2. The Morgan fingerprint density at radius 3 is 2.48 bits per heavy atom. The van der Waals surface area contributed by atoms with Gasteiger partial charge in [-0.1, -0.05) is 31.2 Å². The van der Waals surface area contributed by atoms with E-state index in [-0.39, 0.29) is 0 Å². The molecule has 1 unspecified atom stereocenters. The first-order chi connectivity index (χ1) is 10.3. The van der Waals surface area contributed by atoms with Crippen LogP contribution < -0.4 is 4.74 Å². The van der Waals surface area contributed by atoms with Crippen LogP contribution in [-0.4, -0.2) is 21.6 Å². The molecule has 4 heteroatoms. The van der Waals surface area contributed by atoms with Gasteiger partial charge in [-0.3, -0.25) is 4.68 Å². The molecule has 21 heavy (non-hydrogen) atoms. The monoisotopic (exact) mass is 287 g/mol. The Hall–Kier alpha value is -1.84. The first kappa shape index (κ1) is 15.5. The van der Waals surface area contributed by atoms with Crippen molar-refractivity contribution in [2.24, 2.45) is 0 Å². The van der Waals surface area contributed by atoms with Crippen molar-refractivity contribution < 1.29 is 4.74 Å². The molecule has 1 heterocycles. The third-order valence-electron chi connectivity index (χ3n) is 3.68. The highest BCUT2D eigenvalue weighted by molar-refractivity contribution is 5.30. The lowest BCUT2D eigenvalue weighted by molar-refractivity contribution is 0.317. The normalized spacial score (nSPS) is 12.3. The van der Waals surface area contributed by atoms with E-state index in [4.69, 9.17) is 4.74 Å². The lowest BCUT2D eigenvalue weighted by atomic mass is 9.92. The quantitative estimate of drug-likeness (QED) is 0.741. The largest absolute Gasteiger partial charge is 0.494 e. The fourth-order valence-corrected chi connectivity index (χ4v) is 2.39. The summed E-state index contributed by atoms with van der Waals surface area (Å²) in [5.74, 6) is 1.43. The summed E-state index contributed by atoms with van der Waals surface area (Å²) in [6, 6.07) is 8.47. The van der Waals surface area contributed by atoms with Gasteiger partial charge in [0.1, 0.15) is 5.75 Å². The second-order valence-electron chi connectivity index (χ2n) is 5.29. The van der Waals surface area contributed by atoms with Crippen molar-refractivity contribution in [2.75, 3.05) is 6.61 Å². The van der Waals surface area contributed by atoms with Crippen LogP contribution in [0.5, 0.6) is 5.75 Å². The third-order valence-corrected chi connectivity index (χ3v) is 3.68. The highest BCUT2D eigenvalue weighted by Crippen LogP contribution is 2.25. The fourth-order valence-electron chi connectivity index (χ4n) is 2.39. The maximum Gasteiger partial charge on any atom is 0.119 e. The molecule has 0 aliphatic carbocycles. The Balaban J connectivity index is 2.02. The molecule has 0 radical (unpaired) electrons. The molecule has 1 aromatic carbocycles. The van der Waals surface area contributed by atoms with E-state index in [1.165, 1.54) is 5.56 Å². The van der Waals surface area contributed by atoms with Crippen molar-refractivity contribution in [3.05, 3.63) is 41.7 Å². The van der Waals surface area contributed by atoms with Crippen LogP contribution in [0.3, 0.4) is 0 Å². The summed E-state index contributed by atoms with van der Waals surface area (Å²) in [4.78, 5) is 0. The summed E-state index contributed by atoms with van der Waals surface area (Å²) in [7, 11) is 0. The standard InChI is InChI=1S/C17H25N3O/c1-4-11-21-17-9-7-15(8-10-17)14(5-2)12-16-13-20(6-3)19-18-16/h7-10,13-14H,4-6,11-12H2,1-3H3. The van der Waals surface area contributed by atoms with Crippen LogP contribution >= 0.6 is 0 Å². The summed E-state index contributed by atoms with van der Waals surface area (Å²) >= 11 is 0. The zero-order valence-electron chi connectivity index (χ0n) is 13.2. The first-order valence-corrected chi connectivity index (χ1v) is 7.88. The van der Waals surface area contributed by atoms with Crippen LogP contribution in [0.25, 0.3) is 0 Å². The van der Waals surface area contributed by atoms with E-state index in [9.17, 15) is 0 Å². The summed E-state index contributed by atoms with van der Waals surface area (Å²) in [5.41, 5.74) is 2.41. The third kappa shape index (κ3) is 4.31. The van der Waals surface area contributed by atoms with E-state index in [0.29, 0.717) is 5.92 Å². The topological polar surface area (TPSA) is 39.9 Å². The molecular weight excluding hydrogens is 262 g/mol. The van der Waals surface area contributed by atoms with Crippen molar-refractivity contribution >= 4 is 0 Å². The van der Waals surface area contributed by atoms with E-state index < -0.39 is 0 Å². The average Bonchev–Trinajstić information content (AvgIpc) is 2.99. The van der Waals surface area contributed by atoms with Crippen molar-refractivity contribution in [3.8, 4) is 5.75 Å². The molecule has 0 aliphatic heterocycles. The van der Waals surface area contributed by atoms with Gasteiger partial charge >= 0.3 is 0 Å². The molecule has 0 aliphatic rings. The molecule has 0 saturated heterocycles. The molecule has 0 bridgehead atoms. The van der Waals surface area contributed by atoms with Gasteiger partial charge in [0.05, 0.1) is 12.3 Å². The number of hydrogen-bond acceptors (Lipinski definition) is 3. The van der Waals surface area contributed by atoms with Gasteiger partial charge in [-0.25, -0.2) is 0 Å². The van der Waals surface area contributed by atoms with E-state index in [2.05, 4.69) is 55.3 Å². The van der Waals surface area contributed by atoms with Crippen molar-refractivity contribution in [2.45, 2.75) is 52.5 Å². The Labute approximate surface area is 127 Å². The Morgan fingerprint density at radius 1 is 1.14 bits per heavy atom. The van der Waals surface area contributed by atoms with Gasteiger partial charge in [-0.05, 0) is 49.8 Å². The van der Waals surface area contributed by atoms with Gasteiger partial charge in [-0.2, -0.15) is 0 Å². The maximum atomic E-state index is 5.63. The molecule has 0 N–H and O–H groups in total. The van der Waals surface area contributed by atoms with Gasteiger partial charge in [0.15, 0.2) is 0 Å². The molecule has 0 saturated carbocycles. The highest BCUT2D eigenvalue weighted by atomic mass is 16.5. The van der Waals surface area contributed by atoms with Crippen LogP contribution in [0, 0.1) is 0 Å². The smallest absolute Gasteiger partial charge is 0.119 e. The lowest BCUT2D eigenvalue weighted by Crippen LogP contribution is -2.03. The van der Waals surface area contributed by atoms with E-state index in [1.54, 1.807) is 0 Å². The number of hydrogen-bond donors (Lipinski definition) is 0. The average molecular weight is 287 g/mol. The molecule has 0 fully saturated rings. The second kappa shape index (κ2) is 7.81. The minimum Gasteiger partial charge on any atom is -0.494 e. The molecule has 4 nitrogen and oxygen atoms in total. The second-order valence-corrected chi connectivity index (χ2v) is 5.29. The molecule has 0 amide bonds. The van der Waals surface area contributed by atoms with Gasteiger partial charge in [0.25, 0.3) is 0 Å². The molecule has 2 rings (SSSR count).